The minimum atomic E-state index is -0.325. The van der Waals surface area contributed by atoms with Crippen molar-refractivity contribution in [1.29, 1.82) is 0 Å². The van der Waals surface area contributed by atoms with Gasteiger partial charge in [-0.1, -0.05) is 18.2 Å². The first-order valence-corrected chi connectivity index (χ1v) is 6.29. The Hall–Kier alpha value is -2.62. The van der Waals surface area contributed by atoms with Gasteiger partial charge in [-0.25, -0.2) is 4.39 Å². The van der Waals surface area contributed by atoms with Crippen molar-refractivity contribution < 1.29 is 9.18 Å². The third-order valence-corrected chi connectivity index (χ3v) is 3.28. The molecule has 2 aromatic carbocycles. The molecule has 0 saturated carbocycles. The van der Waals surface area contributed by atoms with Crippen molar-refractivity contribution in [3.8, 4) is 0 Å². The third kappa shape index (κ3) is 2.16. The number of rotatable bonds is 2. The Labute approximate surface area is 115 Å². The van der Waals surface area contributed by atoms with E-state index in [0.717, 1.165) is 16.6 Å². The molecule has 3 nitrogen and oxygen atoms in total. The summed E-state index contributed by atoms with van der Waals surface area (Å²) in [4.78, 5) is 15.2. The van der Waals surface area contributed by atoms with Crippen molar-refractivity contribution in [2.24, 2.45) is 0 Å². The smallest absolute Gasteiger partial charge is 0.272 e. The number of benzene rings is 2. The summed E-state index contributed by atoms with van der Waals surface area (Å²) in [5.74, 6) is -0.556. The number of halogens is 1. The summed E-state index contributed by atoms with van der Waals surface area (Å²) in [6.45, 7) is 1.84. The number of hydrogen-bond acceptors (Lipinski definition) is 1. The van der Waals surface area contributed by atoms with E-state index < -0.39 is 0 Å². The van der Waals surface area contributed by atoms with Crippen LogP contribution in [0.25, 0.3) is 10.9 Å². The summed E-state index contributed by atoms with van der Waals surface area (Å²) < 4.78 is 13.2. The monoisotopic (exact) mass is 268 g/mol. The average molecular weight is 268 g/mol. The SMILES string of the molecule is Cc1c(C(=O)Nc2ccccc2)[nH]c2cc(F)ccc12. The van der Waals surface area contributed by atoms with Gasteiger partial charge in [-0.2, -0.15) is 0 Å². The van der Waals surface area contributed by atoms with Gasteiger partial charge in [0.05, 0.1) is 0 Å². The number of nitrogens with one attached hydrogen (secondary N) is 2. The Balaban J connectivity index is 1.97. The van der Waals surface area contributed by atoms with Gasteiger partial charge >= 0.3 is 0 Å². The molecular formula is C16H13FN2O. The summed E-state index contributed by atoms with van der Waals surface area (Å²) in [7, 11) is 0. The van der Waals surface area contributed by atoms with Gasteiger partial charge in [0, 0.05) is 16.6 Å². The number of amides is 1. The van der Waals surface area contributed by atoms with Crippen molar-refractivity contribution in [3.05, 3.63) is 65.6 Å². The number of carbonyl (C=O) groups is 1. The molecule has 0 aliphatic carbocycles. The molecule has 4 heteroatoms. The molecule has 100 valence electrons. The average Bonchev–Trinajstić information content (AvgIpc) is 2.76. The topological polar surface area (TPSA) is 44.9 Å². The normalized spacial score (nSPS) is 10.7. The molecule has 0 bridgehead atoms. The maximum absolute atomic E-state index is 13.2. The highest BCUT2D eigenvalue weighted by Crippen LogP contribution is 2.23. The van der Waals surface area contributed by atoms with E-state index >= 15 is 0 Å². The van der Waals surface area contributed by atoms with Crippen LogP contribution in [0.2, 0.25) is 0 Å². The molecule has 1 amide bonds. The van der Waals surface area contributed by atoms with E-state index in [2.05, 4.69) is 10.3 Å². The Morgan fingerprint density at radius 1 is 1.15 bits per heavy atom. The molecule has 0 radical (unpaired) electrons. The van der Waals surface area contributed by atoms with Crippen LogP contribution in [0.3, 0.4) is 0 Å². The first kappa shape index (κ1) is 12.4. The van der Waals surface area contributed by atoms with Crippen LogP contribution in [0.5, 0.6) is 0 Å². The predicted octanol–water partition coefficient (Wildman–Crippen LogP) is 3.87. The molecule has 1 heterocycles. The fourth-order valence-electron chi connectivity index (χ4n) is 2.25. The summed E-state index contributed by atoms with van der Waals surface area (Å²) in [5, 5.41) is 3.66. The summed E-state index contributed by atoms with van der Waals surface area (Å²) >= 11 is 0. The van der Waals surface area contributed by atoms with E-state index in [0.29, 0.717) is 11.2 Å². The van der Waals surface area contributed by atoms with E-state index in [9.17, 15) is 9.18 Å². The van der Waals surface area contributed by atoms with Crippen LogP contribution >= 0.6 is 0 Å². The summed E-state index contributed by atoms with van der Waals surface area (Å²) in [6, 6.07) is 13.7. The number of para-hydroxylation sites is 1. The van der Waals surface area contributed by atoms with Gasteiger partial charge in [0.15, 0.2) is 0 Å². The molecule has 20 heavy (non-hydrogen) atoms. The molecule has 2 N–H and O–H groups in total. The van der Waals surface area contributed by atoms with E-state index in [1.54, 1.807) is 6.07 Å². The van der Waals surface area contributed by atoms with E-state index in [-0.39, 0.29) is 11.7 Å². The second-order valence-corrected chi connectivity index (χ2v) is 4.64. The number of fused-ring (bicyclic) bond motifs is 1. The zero-order valence-electron chi connectivity index (χ0n) is 10.9. The number of hydrogen-bond donors (Lipinski definition) is 2. The molecule has 1 aromatic heterocycles. The molecule has 3 rings (SSSR count). The molecule has 0 spiro atoms. The number of aryl methyl sites for hydroxylation is 1. The number of carbonyl (C=O) groups excluding carboxylic acids is 1. The van der Waals surface area contributed by atoms with Crippen LogP contribution in [0.4, 0.5) is 10.1 Å². The molecule has 0 unspecified atom stereocenters. The third-order valence-electron chi connectivity index (χ3n) is 3.28. The second-order valence-electron chi connectivity index (χ2n) is 4.64. The van der Waals surface area contributed by atoms with Crippen LogP contribution in [0.15, 0.2) is 48.5 Å². The fourth-order valence-corrected chi connectivity index (χ4v) is 2.25. The van der Waals surface area contributed by atoms with Gasteiger partial charge in [0.1, 0.15) is 11.5 Å². The number of aromatic amines is 1. The highest BCUT2D eigenvalue weighted by molar-refractivity contribution is 6.07. The van der Waals surface area contributed by atoms with Crippen molar-refractivity contribution in [1.82, 2.24) is 4.98 Å². The molecular weight excluding hydrogens is 255 g/mol. The molecule has 0 atom stereocenters. The van der Waals surface area contributed by atoms with Crippen LogP contribution in [-0.4, -0.2) is 10.9 Å². The van der Waals surface area contributed by atoms with E-state index in [4.69, 9.17) is 0 Å². The lowest BCUT2D eigenvalue weighted by atomic mass is 10.1. The van der Waals surface area contributed by atoms with Crippen molar-refractivity contribution in [2.75, 3.05) is 5.32 Å². The highest BCUT2D eigenvalue weighted by Gasteiger charge is 2.15. The van der Waals surface area contributed by atoms with Crippen LogP contribution in [0.1, 0.15) is 16.1 Å². The standard InChI is InChI=1S/C16H13FN2O/c1-10-13-8-7-11(17)9-14(13)19-15(10)16(20)18-12-5-3-2-4-6-12/h2-9,19H,1H3,(H,18,20). The lowest BCUT2D eigenvalue weighted by Gasteiger charge is -2.04. The van der Waals surface area contributed by atoms with Gasteiger partial charge in [-0.05, 0) is 42.8 Å². The molecule has 3 aromatic rings. The van der Waals surface area contributed by atoms with Crippen molar-refractivity contribution in [2.45, 2.75) is 6.92 Å². The minimum absolute atomic E-state index is 0.231. The van der Waals surface area contributed by atoms with Crippen LogP contribution < -0.4 is 5.32 Å². The summed E-state index contributed by atoms with van der Waals surface area (Å²) in [6.07, 6.45) is 0. The molecule has 0 fully saturated rings. The second kappa shape index (κ2) is 4.81. The Morgan fingerprint density at radius 3 is 2.65 bits per heavy atom. The number of H-pyrrole nitrogens is 1. The molecule has 0 aliphatic heterocycles. The Morgan fingerprint density at radius 2 is 1.90 bits per heavy atom. The number of aromatic nitrogens is 1. The predicted molar refractivity (Wildman–Crippen MR) is 77.4 cm³/mol. The fraction of sp³-hybridized carbons (Fsp3) is 0.0625. The van der Waals surface area contributed by atoms with E-state index in [1.165, 1.54) is 12.1 Å². The first-order valence-electron chi connectivity index (χ1n) is 6.29. The largest absolute Gasteiger partial charge is 0.350 e. The van der Waals surface area contributed by atoms with Gasteiger partial charge < -0.3 is 10.3 Å². The van der Waals surface area contributed by atoms with Crippen molar-refractivity contribution in [3.63, 3.8) is 0 Å². The first-order chi connectivity index (χ1) is 9.65. The van der Waals surface area contributed by atoms with Crippen LogP contribution in [-0.2, 0) is 0 Å². The maximum Gasteiger partial charge on any atom is 0.272 e. The Bertz CT molecular complexity index is 778. The quantitative estimate of drug-likeness (QED) is 0.728. The maximum atomic E-state index is 13.2. The highest BCUT2D eigenvalue weighted by atomic mass is 19.1. The van der Waals surface area contributed by atoms with Gasteiger partial charge in [-0.15, -0.1) is 0 Å². The molecule has 0 saturated heterocycles. The zero-order valence-corrected chi connectivity index (χ0v) is 10.9. The lowest BCUT2D eigenvalue weighted by molar-refractivity contribution is 0.102. The van der Waals surface area contributed by atoms with E-state index in [1.807, 2.05) is 37.3 Å². The number of anilines is 1. The van der Waals surface area contributed by atoms with Gasteiger partial charge in [0.25, 0.3) is 5.91 Å². The summed E-state index contributed by atoms with van der Waals surface area (Å²) in [5.41, 5.74) is 2.62. The van der Waals surface area contributed by atoms with Gasteiger partial charge in [-0.3, -0.25) is 4.79 Å². The van der Waals surface area contributed by atoms with Crippen molar-refractivity contribution >= 4 is 22.5 Å². The minimum Gasteiger partial charge on any atom is -0.350 e. The lowest BCUT2D eigenvalue weighted by Crippen LogP contribution is -2.13. The Kier molecular flexibility index (Phi) is 2.99. The van der Waals surface area contributed by atoms with Crippen LogP contribution in [0, 0.1) is 12.7 Å². The zero-order chi connectivity index (χ0) is 14.1. The molecule has 0 aliphatic rings. The van der Waals surface area contributed by atoms with Gasteiger partial charge in [0.2, 0.25) is 0 Å².